The lowest BCUT2D eigenvalue weighted by atomic mass is 10.1. The van der Waals surface area contributed by atoms with Gasteiger partial charge in [0.15, 0.2) is 0 Å². The van der Waals surface area contributed by atoms with Crippen LogP contribution < -0.4 is 10.6 Å². The Morgan fingerprint density at radius 2 is 2.16 bits per heavy atom. The van der Waals surface area contributed by atoms with Crippen LogP contribution >= 0.6 is 0 Å². The number of aliphatic hydroxyl groups is 1. The highest BCUT2D eigenvalue weighted by Gasteiger charge is 2.17. The Bertz CT molecular complexity index is 437. The van der Waals surface area contributed by atoms with E-state index < -0.39 is 11.0 Å². The number of nitrogens with zero attached hydrogens (tertiary/aromatic N) is 2. The van der Waals surface area contributed by atoms with Gasteiger partial charge in [0.25, 0.3) is 0 Å². The molecule has 0 spiro atoms. The smallest absolute Gasteiger partial charge is 0.311 e. The van der Waals surface area contributed by atoms with Crippen molar-refractivity contribution in [2.75, 3.05) is 24.2 Å². The van der Waals surface area contributed by atoms with Crippen LogP contribution in [-0.2, 0) is 0 Å². The Balaban J connectivity index is 2.77. The Hall–Kier alpha value is -1.89. The highest BCUT2D eigenvalue weighted by atomic mass is 16.6. The molecule has 3 N–H and O–H groups in total. The SMILES string of the molecule is CNc1ccc([N+](=O)[O-])c(NCC(O)CC(C)C)n1. The zero-order valence-electron chi connectivity index (χ0n) is 11.4. The summed E-state index contributed by atoms with van der Waals surface area (Å²) in [5.74, 6) is 1.06. The van der Waals surface area contributed by atoms with Crippen LogP contribution in [0.2, 0.25) is 0 Å². The van der Waals surface area contributed by atoms with Crippen molar-refractivity contribution >= 4 is 17.3 Å². The van der Waals surface area contributed by atoms with Gasteiger partial charge in [0.1, 0.15) is 5.82 Å². The van der Waals surface area contributed by atoms with Gasteiger partial charge in [-0.1, -0.05) is 13.8 Å². The number of aliphatic hydroxyl groups excluding tert-OH is 1. The molecule has 1 atom stereocenters. The molecule has 1 aromatic heterocycles. The summed E-state index contributed by atoms with van der Waals surface area (Å²) in [5.41, 5.74) is -0.101. The van der Waals surface area contributed by atoms with Gasteiger partial charge < -0.3 is 15.7 Å². The number of aromatic nitrogens is 1. The van der Waals surface area contributed by atoms with Crippen LogP contribution in [0.5, 0.6) is 0 Å². The molecule has 7 heteroatoms. The highest BCUT2D eigenvalue weighted by Crippen LogP contribution is 2.23. The Morgan fingerprint density at radius 1 is 1.47 bits per heavy atom. The summed E-state index contributed by atoms with van der Waals surface area (Å²) < 4.78 is 0. The standard InChI is InChI=1S/C12H20N4O3/c1-8(2)6-9(17)7-14-12-10(16(18)19)4-5-11(13-3)15-12/h4-5,8-9,17H,6-7H2,1-3H3,(H2,13,14,15). The van der Waals surface area contributed by atoms with Crippen molar-refractivity contribution in [3.05, 3.63) is 22.2 Å². The molecule has 1 unspecified atom stereocenters. The van der Waals surface area contributed by atoms with Crippen molar-refractivity contribution in [2.24, 2.45) is 5.92 Å². The van der Waals surface area contributed by atoms with Gasteiger partial charge in [-0.2, -0.15) is 0 Å². The summed E-state index contributed by atoms with van der Waals surface area (Å²) in [7, 11) is 1.69. The third kappa shape index (κ3) is 4.70. The fourth-order valence-electron chi connectivity index (χ4n) is 1.71. The maximum atomic E-state index is 10.9. The van der Waals surface area contributed by atoms with Gasteiger partial charge in [-0.15, -0.1) is 0 Å². The summed E-state index contributed by atoms with van der Waals surface area (Å²) in [6.45, 7) is 4.25. The van der Waals surface area contributed by atoms with Gasteiger partial charge in [-0.25, -0.2) is 4.98 Å². The molecule has 0 fully saturated rings. The van der Waals surface area contributed by atoms with Gasteiger partial charge in [0, 0.05) is 19.7 Å². The van der Waals surface area contributed by atoms with Crippen LogP contribution in [-0.4, -0.2) is 34.7 Å². The summed E-state index contributed by atoms with van der Waals surface area (Å²) in [6, 6.07) is 2.92. The minimum atomic E-state index is -0.556. The van der Waals surface area contributed by atoms with Crippen LogP contribution in [0.25, 0.3) is 0 Å². The van der Waals surface area contributed by atoms with Gasteiger partial charge in [0.2, 0.25) is 5.82 Å². The zero-order chi connectivity index (χ0) is 14.4. The number of hydrogen-bond acceptors (Lipinski definition) is 6. The third-order valence-electron chi connectivity index (χ3n) is 2.58. The van der Waals surface area contributed by atoms with E-state index in [1.165, 1.54) is 12.1 Å². The lowest BCUT2D eigenvalue weighted by Crippen LogP contribution is -2.22. The van der Waals surface area contributed by atoms with Crippen molar-refractivity contribution in [3.63, 3.8) is 0 Å². The fourth-order valence-corrected chi connectivity index (χ4v) is 1.71. The van der Waals surface area contributed by atoms with E-state index in [1.807, 2.05) is 13.8 Å². The van der Waals surface area contributed by atoms with E-state index in [9.17, 15) is 15.2 Å². The molecule has 0 aliphatic heterocycles. The lowest BCUT2D eigenvalue weighted by Gasteiger charge is -2.14. The lowest BCUT2D eigenvalue weighted by molar-refractivity contribution is -0.384. The molecule has 0 aliphatic carbocycles. The molecule has 0 aromatic carbocycles. The fraction of sp³-hybridized carbons (Fsp3) is 0.583. The molecule has 0 amide bonds. The Kier molecular flexibility index (Phi) is 5.50. The molecule has 7 nitrogen and oxygen atoms in total. The van der Waals surface area contributed by atoms with Crippen molar-refractivity contribution in [1.29, 1.82) is 0 Å². The van der Waals surface area contributed by atoms with E-state index in [0.29, 0.717) is 18.2 Å². The molecule has 1 rings (SSSR count). The van der Waals surface area contributed by atoms with E-state index in [0.717, 1.165) is 0 Å². The van der Waals surface area contributed by atoms with E-state index in [2.05, 4.69) is 15.6 Å². The van der Waals surface area contributed by atoms with Gasteiger partial charge >= 0.3 is 5.69 Å². The molecule has 19 heavy (non-hydrogen) atoms. The molecule has 0 bridgehead atoms. The summed E-state index contributed by atoms with van der Waals surface area (Å²) in [5, 5.41) is 26.3. The van der Waals surface area contributed by atoms with Gasteiger partial charge in [-0.3, -0.25) is 10.1 Å². The first-order valence-corrected chi connectivity index (χ1v) is 6.19. The minimum absolute atomic E-state index is 0.101. The second-order valence-corrected chi connectivity index (χ2v) is 4.74. The van der Waals surface area contributed by atoms with Crippen LogP contribution in [0.3, 0.4) is 0 Å². The molecule has 1 heterocycles. The predicted octanol–water partition coefficient (Wildman–Crippen LogP) is 1.85. The monoisotopic (exact) mass is 268 g/mol. The van der Waals surface area contributed by atoms with Crippen molar-refractivity contribution < 1.29 is 10.0 Å². The first kappa shape index (κ1) is 15.2. The molecular formula is C12H20N4O3. The topological polar surface area (TPSA) is 100 Å². The number of rotatable bonds is 7. The van der Waals surface area contributed by atoms with Gasteiger partial charge in [-0.05, 0) is 18.4 Å². The summed E-state index contributed by atoms with van der Waals surface area (Å²) >= 11 is 0. The highest BCUT2D eigenvalue weighted by molar-refractivity contribution is 5.60. The quantitative estimate of drug-likeness (QED) is 0.515. The zero-order valence-corrected chi connectivity index (χ0v) is 11.4. The third-order valence-corrected chi connectivity index (χ3v) is 2.58. The number of anilines is 2. The van der Waals surface area contributed by atoms with Crippen LogP contribution in [0, 0.1) is 16.0 Å². The molecule has 106 valence electrons. The number of nitro groups is 1. The van der Waals surface area contributed by atoms with E-state index >= 15 is 0 Å². The maximum Gasteiger partial charge on any atom is 0.311 e. The second kappa shape index (κ2) is 6.89. The first-order chi connectivity index (χ1) is 8.93. The van der Waals surface area contributed by atoms with Crippen LogP contribution in [0.15, 0.2) is 12.1 Å². The number of pyridine rings is 1. The Morgan fingerprint density at radius 3 is 2.68 bits per heavy atom. The molecule has 0 saturated heterocycles. The van der Waals surface area contributed by atoms with E-state index in [-0.39, 0.29) is 18.1 Å². The number of hydrogen-bond donors (Lipinski definition) is 3. The molecule has 1 aromatic rings. The average molecular weight is 268 g/mol. The normalized spacial score (nSPS) is 12.3. The molecule has 0 radical (unpaired) electrons. The van der Waals surface area contributed by atoms with Crippen molar-refractivity contribution in [3.8, 4) is 0 Å². The predicted molar refractivity (Wildman–Crippen MR) is 74.4 cm³/mol. The molecule has 0 saturated carbocycles. The summed E-state index contributed by atoms with van der Waals surface area (Å²) in [6.07, 6.45) is 0.0756. The molecule has 0 aliphatic rings. The summed E-state index contributed by atoms with van der Waals surface area (Å²) in [4.78, 5) is 14.5. The Labute approximate surface area is 112 Å². The van der Waals surface area contributed by atoms with E-state index in [4.69, 9.17) is 0 Å². The van der Waals surface area contributed by atoms with Crippen molar-refractivity contribution in [1.82, 2.24) is 4.98 Å². The average Bonchev–Trinajstić information content (AvgIpc) is 2.34. The van der Waals surface area contributed by atoms with Crippen LogP contribution in [0.1, 0.15) is 20.3 Å². The largest absolute Gasteiger partial charge is 0.391 e. The maximum absolute atomic E-state index is 10.9. The van der Waals surface area contributed by atoms with Gasteiger partial charge in [0.05, 0.1) is 11.0 Å². The first-order valence-electron chi connectivity index (χ1n) is 6.19. The molecular weight excluding hydrogens is 248 g/mol. The number of nitrogens with one attached hydrogen (secondary N) is 2. The minimum Gasteiger partial charge on any atom is -0.391 e. The second-order valence-electron chi connectivity index (χ2n) is 4.74. The van der Waals surface area contributed by atoms with E-state index in [1.54, 1.807) is 7.05 Å². The van der Waals surface area contributed by atoms with Crippen molar-refractivity contribution in [2.45, 2.75) is 26.4 Å². The van der Waals surface area contributed by atoms with Crippen LogP contribution in [0.4, 0.5) is 17.3 Å².